The molecule has 0 amide bonds. The molecule has 1 aromatic carbocycles. The fourth-order valence-corrected chi connectivity index (χ4v) is 2.40. The van der Waals surface area contributed by atoms with E-state index < -0.39 is 0 Å². The van der Waals surface area contributed by atoms with Gasteiger partial charge in [-0.25, -0.2) is 4.98 Å². The molecule has 3 rings (SSSR count). The van der Waals surface area contributed by atoms with Gasteiger partial charge in [0.15, 0.2) is 5.65 Å². The molecule has 0 aliphatic heterocycles. The van der Waals surface area contributed by atoms with Gasteiger partial charge in [-0.15, -0.1) is 0 Å². The molecular weight excluding hydrogens is 274 g/mol. The summed E-state index contributed by atoms with van der Waals surface area (Å²) in [5.74, 6) is 1.32. The molecule has 0 aliphatic rings. The summed E-state index contributed by atoms with van der Waals surface area (Å²) in [5.41, 5.74) is 8.39. The van der Waals surface area contributed by atoms with Gasteiger partial charge in [0.05, 0.1) is 11.6 Å². The van der Waals surface area contributed by atoms with Crippen molar-refractivity contribution in [2.24, 2.45) is 0 Å². The third-order valence-corrected chi connectivity index (χ3v) is 3.38. The van der Waals surface area contributed by atoms with Crippen LogP contribution in [-0.2, 0) is 0 Å². The highest BCUT2D eigenvalue weighted by molar-refractivity contribution is 6.33. The van der Waals surface area contributed by atoms with Crippen molar-refractivity contribution in [1.82, 2.24) is 9.38 Å². The maximum atomic E-state index is 6.19. The molecule has 2 aromatic heterocycles. The Morgan fingerprint density at radius 2 is 2.05 bits per heavy atom. The number of pyridine rings is 1. The average Bonchev–Trinajstić information content (AvgIpc) is 2.79. The number of imidazole rings is 1. The summed E-state index contributed by atoms with van der Waals surface area (Å²) in [6.07, 6.45) is 1.84. The second kappa shape index (κ2) is 5.06. The second-order valence-corrected chi connectivity index (χ2v) is 4.73. The van der Waals surface area contributed by atoms with Crippen LogP contribution < -0.4 is 10.5 Å². The molecule has 0 bridgehead atoms. The van der Waals surface area contributed by atoms with Crippen molar-refractivity contribution in [2.45, 2.75) is 6.92 Å². The molecular formula is C15H14ClN3O. The number of halogens is 1. The number of anilines is 1. The van der Waals surface area contributed by atoms with Crippen LogP contribution in [0.25, 0.3) is 16.9 Å². The Balaban J connectivity index is 2.25. The van der Waals surface area contributed by atoms with Gasteiger partial charge >= 0.3 is 0 Å². The van der Waals surface area contributed by atoms with E-state index in [4.69, 9.17) is 22.1 Å². The number of fused-ring (bicyclic) bond motifs is 1. The van der Waals surface area contributed by atoms with Gasteiger partial charge in [-0.05, 0) is 31.2 Å². The Kier molecular flexibility index (Phi) is 3.24. The number of nitrogen functional groups attached to an aromatic ring is 1. The predicted octanol–water partition coefficient (Wildman–Crippen LogP) is 3.64. The molecule has 0 atom stereocenters. The van der Waals surface area contributed by atoms with Gasteiger partial charge in [0, 0.05) is 11.8 Å². The third-order valence-electron chi connectivity index (χ3n) is 3.08. The molecule has 0 radical (unpaired) electrons. The second-order valence-electron chi connectivity index (χ2n) is 4.32. The number of nitrogens with two attached hydrogens (primary N) is 1. The van der Waals surface area contributed by atoms with E-state index in [0.717, 1.165) is 11.3 Å². The molecule has 5 heteroatoms. The van der Waals surface area contributed by atoms with E-state index in [-0.39, 0.29) is 0 Å². The first-order chi connectivity index (χ1) is 9.72. The number of aromatic nitrogens is 2. The molecule has 0 saturated heterocycles. The van der Waals surface area contributed by atoms with Crippen molar-refractivity contribution in [3.05, 3.63) is 47.6 Å². The van der Waals surface area contributed by atoms with Crippen molar-refractivity contribution in [3.63, 3.8) is 0 Å². The van der Waals surface area contributed by atoms with Crippen LogP contribution in [0.2, 0.25) is 5.02 Å². The SMILES string of the molecule is CCOc1ccccc1-c1nc2c(Cl)cccn2c1N. The zero-order valence-corrected chi connectivity index (χ0v) is 11.8. The van der Waals surface area contributed by atoms with E-state index in [1.54, 1.807) is 10.5 Å². The van der Waals surface area contributed by atoms with Gasteiger partial charge in [0.25, 0.3) is 0 Å². The normalized spacial score (nSPS) is 10.9. The number of benzene rings is 1. The van der Waals surface area contributed by atoms with Gasteiger partial charge in [-0.3, -0.25) is 4.40 Å². The van der Waals surface area contributed by atoms with Crippen LogP contribution in [0, 0.1) is 0 Å². The van der Waals surface area contributed by atoms with Gasteiger partial charge in [-0.1, -0.05) is 23.7 Å². The molecule has 0 spiro atoms. The molecule has 2 heterocycles. The maximum absolute atomic E-state index is 6.19. The summed E-state index contributed by atoms with van der Waals surface area (Å²) < 4.78 is 7.41. The number of hydrogen-bond donors (Lipinski definition) is 1. The Morgan fingerprint density at radius 3 is 2.80 bits per heavy atom. The largest absolute Gasteiger partial charge is 0.493 e. The van der Waals surface area contributed by atoms with Crippen molar-refractivity contribution >= 4 is 23.1 Å². The smallest absolute Gasteiger partial charge is 0.157 e. The Hall–Kier alpha value is -2.20. The number of hydrogen-bond acceptors (Lipinski definition) is 3. The number of rotatable bonds is 3. The van der Waals surface area contributed by atoms with Crippen LogP contribution >= 0.6 is 11.6 Å². The van der Waals surface area contributed by atoms with E-state index >= 15 is 0 Å². The first-order valence-electron chi connectivity index (χ1n) is 6.36. The first-order valence-corrected chi connectivity index (χ1v) is 6.74. The van der Waals surface area contributed by atoms with E-state index in [2.05, 4.69) is 4.98 Å². The first kappa shape index (κ1) is 12.8. The highest BCUT2D eigenvalue weighted by Gasteiger charge is 2.16. The number of ether oxygens (including phenoxy) is 1. The zero-order valence-electron chi connectivity index (χ0n) is 11.0. The monoisotopic (exact) mass is 287 g/mol. The molecule has 20 heavy (non-hydrogen) atoms. The number of para-hydroxylation sites is 1. The Bertz CT molecular complexity index is 767. The van der Waals surface area contributed by atoms with Crippen LogP contribution in [0.5, 0.6) is 5.75 Å². The van der Waals surface area contributed by atoms with Gasteiger partial charge in [0.2, 0.25) is 0 Å². The highest BCUT2D eigenvalue weighted by atomic mass is 35.5. The standard InChI is InChI=1S/C15H14ClN3O/c1-2-20-12-8-4-3-6-10(12)13-14(17)19-9-5-7-11(16)15(19)18-13/h3-9H,2,17H2,1H3. The predicted molar refractivity (Wildman–Crippen MR) is 81.2 cm³/mol. The molecule has 4 nitrogen and oxygen atoms in total. The minimum Gasteiger partial charge on any atom is -0.493 e. The Morgan fingerprint density at radius 1 is 1.25 bits per heavy atom. The molecule has 0 unspecified atom stereocenters. The van der Waals surface area contributed by atoms with E-state index in [1.807, 2.05) is 43.5 Å². The van der Waals surface area contributed by atoms with Gasteiger partial charge in [-0.2, -0.15) is 0 Å². The third kappa shape index (κ3) is 1.98. The fourth-order valence-electron chi connectivity index (χ4n) is 2.19. The van der Waals surface area contributed by atoms with Crippen molar-refractivity contribution < 1.29 is 4.74 Å². The quantitative estimate of drug-likeness (QED) is 0.800. The summed E-state index contributed by atoms with van der Waals surface area (Å²) >= 11 is 6.16. The summed E-state index contributed by atoms with van der Waals surface area (Å²) in [5, 5.41) is 0.569. The topological polar surface area (TPSA) is 52.5 Å². The van der Waals surface area contributed by atoms with Crippen molar-refractivity contribution in [3.8, 4) is 17.0 Å². The summed E-state index contributed by atoms with van der Waals surface area (Å²) in [6, 6.07) is 11.3. The number of nitrogens with zero attached hydrogens (tertiary/aromatic N) is 2. The van der Waals surface area contributed by atoms with E-state index in [0.29, 0.717) is 28.8 Å². The van der Waals surface area contributed by atoms with Crippen LogP contribution in [0.4, 0.5) is 5.82 Å². The van der Waals surface area contributed by atoms with Crippen LogP contribution in [0.15, 0.2) is 42.6 Å². The summed E-state index contributed by atoms with van der Waals surface area (Å²) in [4.78, 5) is 4.55. The van der Waals surface area contributed by atoms with Crippen molar-refractivity contribution in [1.29, 1.82) is 0 Å². The zero-order chi connectivity index (χ0) is 14.1. The van der Waals surface area contributed by atoms with Gasteiger partial charge < -0.3 is 10.5 Å². The van der Waals surface area contributed by atoms with Crippen molar-refractivity contribution in [2.75, 3.05) is 12.3 Å². The highest BCUT2D eigenvalue weighted by Crippen LogP contribution is 2.34. The molecule has 0 fully saturated rings. The molecule has 0 saturated carbocycles. The minimum atomic E-state index is 0.551. The lowest BCUT2D eigenvalue weighted by molar-refractivity contribution is 0.341. The lowest BCUT2D eigenvalue weighted by Gasteiger charge is -2.08. The fraction of sp³-hybridized carbons (Fsp3) is 0.133. The van der Waals surface area contributed by atoms with Gasteiger partial charge in [0.1, 0.15) is 17.3 Å². The molecule has 3 aromatic rings. The molecule has 102 valence electrons. The van der Waals surface area contributed by atoms with Crippen LogP contribution in [0.1, 0.15) is 6.92 Å². The van der Waals surface area contributed by atoms with Crippen LogP contribution in [-0.4, -0.2) is 16.0 Å². The molecule has 0 aliphatic carbocycles. The lowest BCUT2D eigenvalue weighted by atomic mass is 10.1. The molecule has 2 N–H and O–H groups in total. The van der Waals surface area contributed by atoms with E-state index in [1.165, 1.54) is 0 Å². The Labute approximate surface area is 121 Å². The summed E-state index contributed by atoms with van der Waals surface area (Å²) in [7, 11) is 0. The maximum Gasteiger partial charge on any atom is 0.157 e. The summed E-state index contributed by atoms with van der Waals surface area (Å²) in [6.45, 7) is 2.53. The van der Waals surface area contributed by atoms with E-state index in [9.17, 15) is 0 Å². The van der Waals surface area contributed by atoms with Crippen LogP contribution in [0.3, 0.4) is 0 Å². The minimum absolute atomic E-state index is 0.551. The average molecular weight is 288 g/mol. The lowest BCUT2D eigenvalue weighted by Crippen LogP contribution is -1.97.